The highest BCUT2D eigenvalue weighted by Gasteiger charge is 2.08. The highest BCUT2D eigenvalue weighted by molar-refractivity contribution is 7.99. The summed E-state index contributed by atoms with van der Waals surface area (Å²) in [5, 5.41) is 2.38. The van der Waals surface area contributed by atoms with E-state index < -0.39 is 0 Å². The van der Waals surface area contributed by atoms with E-state index in [9.17, 15) is 0 Å². The first-order chi connectivity index (χ1) is 12.9. The zero-order valence-electron chi connectivity index (χ0n) is 13.9. The summed E-state index contributed by atoms with van der Waals surface area (Å²) in [6, 6.07) is 25.0. The Kier molecular flexibility index (Phi) is 3.68. The third-order valence-corrected chi connectivity index (χ3v) is 5.43. The predicted octanol–water partition coefficient (Wildman–Crippen LogP) is 5.93. The molecule has 2 heterocycles. The molecule has 1 N–H and O–H groups in total. The third-order valence-electron chi connectivity index (χ3n) is 4.37. The molecule has 0 saturated heterocycles. The van der Waals surface area contributed by atoms with Crippen molar-refractivity contribution < 1.29 is 0 Å². The summed E-state index contributed by atoms with van der Waals surface area (Å²) in [6.07, 6.45) is 3.75. The molecule has 26 heavy (non-hydrogen) atoms. The van der Waals surface area contributed by atoms with E-state index in [-0.39, 0.29) is 0 Å². The Labute approximate surface area is 155 Å². The topological polar surface area (TPSA) is 41.6 Å². The van der Waals surface area contributed by atoms with Crippen LogP contribution in [0.15, 0.2) is 95.0 Å². The van der Waals surface area contributed by atoms with Gasteiger partial charge >= 0.3 is 0 Å². The van der Waals surface area contributed by atoms with Gasteiger partial charge in [0.05, 0.1) is 11.0 Å². The molecule has 0 radical (unpaired) electrons. The summed E-state index contributed by atoms with van der Waals surface area (Å²) in [5.74, 6) is 0.902. The minimum atomic E-state index is 0.902. The highest BCUT2D eigenvalue weighted by Crippen LogP contribution is 2.34. The van der Waals surface area contributed by atoms with Gasteiger partial charge in [-0.3, -0.25) is 4.98 Å². The average molecular weight is 353 g/mol. The maximum atomic E-state index is 4.71. The zero-order chi connectivity index (χ0) is 17.3. The number of rotatable bonds is 3. The Morgan fingerprint density at radius 3 is 2.69 bits per heavy atom. The van der Waals surface area contributed by atoms with Crippen molar-refractivity contribution in [2.24, 2.45) is 0 Å². The van der Waals surface area contributed by atoms with Gasteiger partial charge in [0.25, 0.3) is 0 Å². The van der Waals surface area contributed by atoms with Crippen LogP contribution in [0.5, 0.6) is 0 Å². The number of fused-ring (bicyclic) bond motifs is 2. The lowest BCUT2D eigenvalue weighted by molar-refractivity contribution is 1.33. The second-order valence-corrected chi connectivity index (χ2v) is 7.20. The Morgan fingerprint density at radius 2 is 1.77 bits per heavy atom. The Hall–Kier alpha value is -3.11. The predicted molar refractivity (Wildman–Crippen MR) is 107 cm³/mol. The molecule has 0 unspecified atom stereocenters. The van der Waals surface area contributed by atoms with E-state index in [0.29, 0.717) is 0 Å². The number of benzene rings is 3. The monoisotopic (exact) mass is 353 g/mol. The number of imidazole rings is 1. The van der Waals surface area contributed by atoms with Gasteiger partial charge in [0, 0.05) is 33.1 Å². The van der Waals surface area contributed by atoms with Crippen LogP contribution in [0.4, 0.5) is 0 Å². The molecule has 4 heteroatoms. The van der Waals surface area contributed by atoms with Crippen molar-refractivity contribution in [3.8, 4) is 11.4 Å². The minimum Gasteiger partial charge on any atom is -0.338 e. The molecule has 0 saturated carbocycles. The maximum absolute atomic E-state index is 4.71. The first-order valence-corrected chi connectivity index (χ1v) is 9.24. The molecule has 0 aliphatic carbocycles. The fourth-order valence-corrected chi connectivity index (χ4v) is 4.10. The molecule has 0 aliphatic heterocycles. The van der Waals surface area contributed by atoms with Gasteiger partial charge < -0.3 is 4.98 Å². The van der Waals surface area contributed by atoms with E-state index >= 15 is 0 Å². The van der Waals surface area contributed by atoms with Crippen molar-refractivity contribution in [3.63, 3.8) is 0 Å². The van der Waals surface area contributed by atoms with Crippen LogP contribution in [0.3, 0.4) is 0 Å². The van der Waals surface area contributed by atoms with Gasteiger partial charge in [0.2, 0.25) is 0 Å². The van der Waals surface area contributed by atoms with Crippen LogP contribution in [-0.2, 0) is 0 Å². The smallest absolute Gasteiger partial charge is 0.138 e. The summed E-state index contributed by atoms with van der Waals surface area (Å²) < 4.78 is 0. The molecule has 3 aromatic carbocycles. The summed E-state index contributed by atoms with van der Waals surface area (Å²) in [5.41, 5.74) is 3.13. The standard InChI is InChI=1S/C22H15N3S/c1-2-5-15(6-3-1)22-24-19-10-9-17(13-20(19)25-22)26-21-8-4-7-16-14-23-12-11-18(16)21/h1-14H,(H,24,25). The fraction of sp³-hybridized carbons (Fsp3) is 0. The summed E-state index contributed by atoms with van der Waals surface area (Å²) in [4.78, 5) is 14.8. The third kappa shape index (κ3) is 2.74. The number of hydrogen-bond donors (Lipinski definition) is 1. The fourth-order valence-electron chi connectivity index (χ4n) is 3.09. The van der Waals surface area contributed by atoms with E-state index in [4.69, 9.17) is 4.98 Å². The van der Waals surface area contributed by atoms with Gasteiger partial charge in [-0.2, -0.15) is 0 Å². The highest BCUT2D eigenvalue weighted by atomic mass is 32.2. The van der Waals surface area contributed by atoms with E-state index in [1.165, 1.54) is 15.2 Å². The lowest BCUT2D eigenvalue weighted by Crippen LogP contribution is -1.80. The van der Waals surface area contributed by atoms with Crippen molar-refractivity contribution in [1.82, 2.24) is 15.0 Å². The molecule has 5 rings (SSSR count). The van der Waals surface area contributed by atoms with Crippen LogP contribution < -0.4 is 0 Å². The van der Waals surface area contributed by atoms with Gasteiger partial charge in [0.15, 0.2) is 0 Å². The average Bonchev–Trinajstić information content (AvgIpc) is 3.12. The zero-order valence-corrected chi connectivity index (χ0v) is 14.7. The summed E-state index contributed by atoms with van der Waals surface area (Å²) in [6.45, 7) is 0. The van der Waals surface area contributed by atoms with Crippen LogP contribution in [0.2, 0.25) is 0 Å². The Bertz CT molecular complexity index is 1210. The van der Waals surface area contributed by atoms with E-state index in [1.807, 2.05) is 30.6 Å². The Morgan fingerprint density at radius 1 is 0.846 bits per heavy atom. The van der Waals surface area contributed by atoms with Gasteiger partial charge in [0.1, 0.15) is 5.82 Å². The quantitative estimate of drug-likeness (QED) is 0.437. The number of pyridine rings is 1. The normalized spacial score (nSPS) is 11.2. The van der Waals surface area contributed by atoms with Crippen LogP contribution in [0, 0.1) is 0 Å². The summed E-state index contributed by atoms with van der Waals surface area (Å²) >= 11 is 1.76. The maximum Gasteiger partial charge on any atom is 0.138 e. The molecule has 0 spiro atoms. The lowest BCUT2D eigenvalue weighted by Gasteiger charge is -2.06. The molecule has 0 bridgehead atoms. The molecule has 0 amide bonds. The molecule has 0 atom stereocenters. The van der Waals surface area contributed by atoms with Gasteiger partial charge in [-0.1, -0.05) is 54.2 Å². The molecular weight excluding hydrogens is 338 g/mol. The Balaban J connectivity index is 1.53. The largest absolute Gasteiger partial charge is 0.338 e. The number of aromatic nitrogens is 3. The second-order valence-electron chi connectivity index (χ2n) is 6.09. The molecule has 2 aromatic heterocycles. The number of H-pyrrole nitrogens is 1. The molecule has 5 aromatic rings. The molecule has 124 valence electrons. The molecule has 3 nitrogen and oxygen atoms in total. The second kappa shape index (κ2) is 6.32. The van der Waals surface area contributed by atoms with Gasteiger partial charge in [-0.15, -0.1) is 0 Å². The van der Waals surface area contributed by atoms with Gasteiger partial charge in [-0.05, 0) is 35.7 Å². The van der Waals surface area contributed by atoms with Crippen molar-refractivity contribution in [3.05, 3.63) is 85.2 Å². The first-order valence-electron chi connectivity index (χ1n) is 8.43. The van der Waals surface area contributed by atoms with Crippen LogP contribution in [-0.4, -0.2) is 15.0 Å². The number of aromatic amines is 1. The van der Waals surface area contributed by atoms with Crippen LogP contribution in [0.1, 0.15) is 0 Å². The molecular formula is C22H15N3S. The first kappa shape index (κ1) is 15.2. The minimum absolute atomic E-state index is 0.902. The van der Waals surface area contributed by atoms with Gasteiger partial charge in [-0.25, -0.2) is 4.98 Å². The van der Waals surface area contributed by atoms with Crippen molar-refractivity contribution in [2.45, 2.75) is 9.79 Å². The van der Waals surface area contributed by atoms with Crippen LogP contribution in [0.25, 0.3) is 33.2 Å². The van der Waals surface area contributed by atoms with E-state index in [1.54, 1.807) is 11.8 Å². The van der Waals surface area contributed by atoms with Crippen molar-refractivity contribution in [1.29, 1.82) is 0 Å². The molecule has 0 fully saturated rings. The number of hydrogen-bond acceptors (Lipinski definition) is 3. The molecule has 0 aliphatic rings. The number of nitrogens with one attached hydrogen (secondary N) is 1. The lowest BCUT2D eigenvalue weighted by atomic mass is 10.2. The van der Waals surface area contributed by atoms with E-state index in [2.05, 4.69) is 64.6 Å². The van der Waals surface area contributed by atoms with Crippen molar-refractivity contribution >= 4 is 33.6 Å². The summed E-state index contributed by atoms with van der Waals surface area (Å²) in [7, 11) is 0. The van der Waals surface area contributed by atoms with Crippen molar-refractivity contribution in [2.75, 3.05) is 0 Å². The van der Waals surface area contributed by atoms with E-state index in [0.717, 1.165) is 27.8 Å². The van der Waals surface area contributed by atoms with Crippen LogP contribution >= 0.6 is 11.8 Å². The number of nitrogens with zero attached hydrogens (tertiary/aromatic N) is 2. The SMILES string of the molecule is c1ccc(-c2nc3ccc(Sc4cccc5cnccc45)cc3[nH]2)cc1.